The smallest absolute Gasteiger partial charge is 0.258 e. The molecule has 0 aliphatic rings. The van der Waals surface area contributed by atoms with E-state index in [0.29, 0.717) is 24.5 Å². The molecule has 1 atom stereocenters. The molecule has 114 valence electrons. The molecule has 1 aromatic rings. The summed E-state index contributed by atoms with van der Waals surface area (Å²) < 4.78 is 10.8. The maximum absolute atomic E-state index is 11.9. The highest BCUT2D eigenvalue weighted by molar-refractivity contribution is 5.77. The van der Waals surface area contributed by atoms with Crippen molar-refractivity contribution in [2.45, 2.75) is 26.8 Å². The summed E-state index contributed by atoms with van der Waals surface area (Å²) in [5.41, 5.74) is 0.559. The minimum atomic E-state index is -0.183. The van der Waals surface area contributed by atoms with Gasteiger partial charge in [0.15, 0.2) is 6.61 Å². The summed E-state index contributed by atoms with van der Waals surface area (Å²) in [5.74, 6) is 0.670. The number of carbonyl (C=O) groups is 1. The molecular weight excluding hydrogens is 268 g/mol. The summed E-state index contributed by atoms with van der Waals surface area (Å²) in [7, 11) is 0. The van der Waals surface area contributed by atoms with Gasteiger partial charge in [-0.25, -0.2) is 0 Å². The monoisotopic (exact) mass is 290 g/mol. The van der Waals surface area contributed by atoms with Gasteiger partial charge in [-0.1, -0.05) is 13.8 Å². The zero-order valence-corrected chi connectivity index (χ0v) is 12.8. The molecular formula is C16H22N2O3. The standard InChI is InChI=1S/C16H22N2O3/c1-4-20-10-15(12(2)3)18-16(19)11-21-14-7-5-13(9-17)6-8-14/h5-8,12,15H,4,10-11H2,1-3H3,(H,18,19). The maximum Gasteiger partial charge on any atom is 0.258 e. The van der Waals surface area contributed by atoms with Crippen molar-refractivity contribution in [2.75, 3.05) is 19.8 Å². The highest BCUT2D eigenvalue weighted by Crippen LogP contribution is 2.11. The van der Waals surface area contributed by atoms with E-state index in [0.717, 1.165) is 0 Å². The molecule has 1 aromatic carbocycles. The van der Waals surface area contributed by atoms with Crippen molar-refractivity contribution in [3.05, 3.63) is 29.8 Å². The van der Waals surface area contributed by atoms with Crippen LogP contribution in [0, 0.1) is 17.2 Å². The Morgan fingerprint density at radius 2 is 2.00 bits per heavy atom. The number of rotatable bonds is 8. The van der Waals surface area contributed by atoms with Crippen molar-refractivity contribution in [3.8, 4) is 11.8 Å². The number of nitriles is 1. The Hall–Kier alpha value is -2.06. The second-order valence-electron chi connectivity index (χ2n) is 5.00. The van der Waals surface area contributed by atoms with Crippen LogP contribution < -0.4 is 10.1 Å². The molecule has 1 N–H and O–H groups in total. The minimum absolute atomic E-state index is 0.0259. The Labute approximate surface area is 125 Å². The Morgan fingerprint density at radius 3 is 2.52 bits per heavy atom. The van der Waals surface area contributed by atoms with Crippen LogP contribution in [-0.2, 0) is 9.53 Å². The normalized spacial score (nSPS) is 11.8. The zero-order chi connectivity index (χ0) is 15.7. The van der Waals surface area contributed by atoms with Crippen LogP contribution in [0.4, 0.5) is 0 Å². The van der Waals surface area contributed by atoms with Gasteiger partial charge in [0.2, 0.25) is 0 Å². The Balaban J connectivity index is 2.43. The van der Waals surface area contributed by atoms with Crippen LogP contribution in [0.5, 0.6) is 5.75 Å². The summed E-state index contributed by atoms with van der Waals surface area (Å²) in [6.07, 6.45) is 0. The lowest BCUT2D eigenvalue weighted by atomic mass is 10.1. The van der Waals surface area contributed by atoms with Gasteiger partial charge in [-0.15, -0.1) is 0 Å². The van der Waals surface area contributed by atoms with Gasteiger partial charge in [-0.3, -0.25) is 4.79 Å². The first kappa shape index (κ1) is 17.0. The van der Waals surface area contributed by atoms with Gasteiger partial charge in [-0.2, -0.15) is 5.26 Å². The van der Waals surface area contributed by atoms with Gasteiger partial charge >= 0.3 is 0 Å². The Morgan fingerprint density at radius 1 is 1.33 bits per heavy atom. The zero-order valence-electron chi connectivity index (χ0n) is 12.8. The van der Waals surface area contributed by atoms with Crippen molar-refractivity contribution in [1.29, 1.82) is 5.26 Å². The maximum atomic E-state index is 11.9. The van der Waals surface area contributed by atoms with Gasteiger partial charge in [0, 0.05) is 6.61 Å². The molecule has 0 aliphatic heterocycles. The van der Waals surface area contributed by atoms with E-state index < -0.39 is 0 Å². The second kappa shape index (κ2) is 8.98. The second-order valence-corrected chi connectivity index (χ2v) is 5.00. The molecule has 1 amide bonds. The van der Waals surface area contributed by atoms with Gasteiger partial charge in [0.05, 0.1) is 24.3 Å². The van der Waals surface area contributed by atoms with Crippen LogP contribution in [0.25, 0.3) is 0 Å². The number of benzene rings is 1. The minimum Gasteiger partial charge on any atom is -0.484 e. The van der Waals surface area contributed by atoms with E-state index in [9.17, 15) is 4.79 Å². The Kier molecular flexibility index (Phi) is 7.27. The SMILES string of the molecule is CCOCC(NC(=O)COc1ccc(C#N)cc1)C(C)C. The molecule has 0 aromatic heterocycles. The van der Waals surface area contributed by atoms with Gasteiger partial charge in [0.1, 0.15) is 5.75 Å². The number of amides is 1. The van der Waals surface area contributed by atoms with E-state index in [2.05, 4.69) is 5.32 Å². The average molecular weight is 290 g/mol. The number of nitrogens with zero attached hydrogens (tertiary/aromatic N) is 1. The molecule has 1 rings (SSSR count). The number of carbonyl (C=O) groups excluding carboxylic acids is 1. The molecule has 21 heavy (non-hydrogen) atoms. The quantitative estimate of drug-likeness (QED) is 0.796. The van der Waals surface area contributed by atoms with Gasteiger partial charge in [-0.05, 0) is 37.1 Å². The van der Waals surface area contributed by atoms with E-state index in [1.54, 1.807) is 24.3 Å². The molecule has 1 unspecified atom stereocenters. The van der Waals surface area contributed by atoms with E-state index in [-0.39, 0.29) is 24.5 Å². The van der Waals surface area contributed by atoms with E-state index in [1.807, 2.05) is 26.8 Å². The van der Waals surface area contributed by atoms with E-state index in [1.165, 1.54) is 0 Å². The lowest BCUT2D eigenvalue weighted by molar-refractivity contribution is -0.124. The largest absolute Gasteiger partial charge is 0.484 e. The average Bonchev–Trinajstić information content (AvgIpc) is 2.49. The third kappa shape index (κ3) is 6.28. The summed E-state index contributed by atoms with van der Waals surface area (Å²) in [6, 6.07) is 8.65. The summed E-state index contributed by atoms with van der Waals surface area (Å²) in [4.78, 5) is 11.9. The van der Waals surface area contributed by atoms with Gasteiger partial charge in [0.25, 0.3) is 5.91 Å². The number of hydrogen-bond acceptors (Lipinski definition) is 4. The summed E-state index contributed by atoms with van der Waals surface area (Å²) in [6.45, 7) is 7.06. The molecule has 0 heterocycles. The third-order valence-corrected chi connectivity index (χ3v) is 3.01. The van der Waals surface area contributed by atoms with Crippen molar-refractivity contribution < 1.29 is 14.3 Å². The highest BCUT2D eigenvalue weighted by atomic mass is 16.5. The molecule has 0 saturated heterocycles. The molecule has 0 radical (unpaired) electrons. The Bertz CT molecular complexity index is 477. The summed E-state index contributed by atoms with van der Waals surface area (Å²) in [5, 5.41) is 11.6. The third-order valence-electron chi connectivity index (χ3n) is 3.01. The lowest BCUT2D eigenvalue weighted by Crippen LogP contribution is -2.43. The first-order valence-electron chi connectivity index (χ1n) is 7.06. The van der Waals surface area contributed by atoms with Crippen LogP contribution in [0.15, 0.2) is 24.3 Å². The van der Waals surface area contributed by atoms with Crippen LogP contribution in [0.2, 0.25) is 0 Å². The predicted octanol–water partition coefficient (Wildman–Crippen LogP) is 2.11. The van der Waals surface area contributed by atoms with Crippen LogP contribution in [-0.4, -0.2) is 31.8 Å². The topological polar surface area (TPSA) is 71.3 Å². The summed E-state index contributed by atoms with van der Waals surface area (Å²) >= 11 is 0. The molecule has 0 saturated carbocycles. The van der Waals surface area contributed by atoms with Crippen molar-refractivity contribution >= 4 is 5.91 Å². The van der Waals surface area contributed by atoms with Crippen LogP contribution in [0.3, 0.4) is 0 Å². The fourth-order valence-corrected chi connectivity index (χ4v) is 1.67. The molecule has 0 aliphatic carbocycles. The van der Waals surface area contributed by atoms with Crippen LogP contribution >= 0.6 is 0 Å². The molecule has 5 heteroatoms. The molecule has 0 spiro atoms. The van der Waals surface area contributed by atoms with Gasteiger partial charge < -0.3 is 14.8 Å². The van der Waals surface area contributed by atoms with E-state index in [4.69, 9.17) is 14.7 Å². The van der Waals surface area contributed by atoms with Crippen molar-refractivity contribution in [2.24, 2.45) is 5.92 Å². The number of hydrogen-bond donors (Lipinski definition) is 1. The first-order valence-corrected chi connectivity index (χ1v) is 7.06. The first-order chi connectivity index (χ1) is 10.1. The lowest BCUT2D eigenvalue weighted by Gasteiger charge is -2.22. The molecule has 5 nitrogen and oxygen atoms in total. The number of ether oxygens (including phenoxy) is 2. The molecule has 0 fully saturated rings. The predicted molar refractivity (Wildman–Crippen MR) is 79.9 cm³/mol. The fourth-order valence-electron chi connectivity index (χ4n) is 1.67. The number of nitrogens with one attached hydrogen (secondary N) is 1. The fraction of sp³-hybridized carbons (Fsp3) is 0.500. The van der Waals surface area contributed by atoms with E-state index >= 15 is 0 Å². The van der Waals surface area contributed by atoms with Crippen molar-refractivity contribution in [3.63, 3.8) is 0 Å². The highest BCUT2D eigenvalue weighted by Gasteiger charge is 2.16. The van der Waals surface area contributed by atoms with Crippen LogP contribution in [0.1, 0.15) is 26.3 Å². The molecule has 0 bridgehead atoms. The van der Waals surface area contributed by atoms with Crippen molar-refractivity contribution in [1.82, 2.24) is 5.32 Å².